The van der Waals surface area contributed by atoms with E-state index in [1.807, 2.05) is 11.9 Å². The molecule has 6 heteroatoms. The Bertz CT molecular complexity index is 491. The van der Waals surface area contributed by atoms with Crippen LogP contribution in [0.2, 0.25) is 10.0 Å². The number of benzene rings is 1. The minimum Gasteiger partial charge on any atom is -0.491 e. The predicted octanol–water partition coefficient (Wildman–Crippen LogP) is 2.97. The maximum absolute atomic E-state index is 12.1. The molecule has 2 rings (SSSR count). The van der Waals surface area contributed by atoms with E-state index in [0.717, 1.165) is 25.9 Å². The summed E-state index contributed by atoms with van der Waals surface area (Å²) < 4.78 is 5.55. The normalized spacial score (nSPS) is 15.8. The molecule has 1 aliphatic rings. The summed E-state index contributed by atoms with van der Waals surface area (Å²) in [4.78, 5) is 14.0. The van der Waals surface area contributed by atoms with Gasteiger partial charge in [-0.2, -0.15) is 0 Å². The van der Waals surface area contributed by atoms with Crippen molar-refractivity contribution < 1.29 is 9.53 Å². The van der Waals surface area contributed by atoms with Gasteiger partial charge in [0, 0.05) is 18.1 Å². The minimum absolute atomic E-state index is 0.104. The first-order valence-corrected chi connectivity index (χ1v) is 7.88. The SMILES string of the molecule is CN(C(=O)CCOc1ccc(Cl)cc1Cl)C1CCNCC1. The first-order chi connectivity index (χ1) is 10.1. The molecule has 0 bridgehead atoms. The van der Waals surface area contributed by atoms with E-state index in [4.69, 9.17) is 27.9 Å². The fourth-order valence-corrected chi connectivity index (χ4v) is 2.88. The molecule has 0 aromatic heterocycles. The number of rotatable bonds is 5. The number of ether oxygens (including phenoxy) is 1. The highest BCUT2D eigenvalue weighted by Crippen LogP contribution is 2.27. The summed E-state index contributed by atoms with van der Waals surface area (Å²) in [7, 11) is 1.87. The Morgan fingerprint density at radius 2 is 2.10 bits per heavy atom. The van der Waals surface area contributed by atoms with Crippen LogP contribution >= 0.6 is 23.2 Å². The molecule has 1 aromatic rings. The Hall–Kier alpha value is -0.970. The summed E-state index contributed by atoms with van der Waals surface area (Å²) >= 11 is 11.8. The van der Waals surface area contributed by atoms with Gasteiger partial charge in [0.1, 0.15) is 5.75 Å². The Morgan fingerprint density at radius 1 is 1.38 bits per heavy atom. The van der Waals surface area contributed by atoms with Crippen molar-refractivity contribution in [2.24, 2.45) is 0 Å². The van der Waals surface area contributed by atoms with E-state index in [9.17, 15) is 4.79 Å². The Labute approximate surface area is 135 Å². The number of hydrogen-bond acceptors (Lipinski definition) is 3. The second-order valence-electron chi connectivity index (χ2n) is 5.16. The molecule has 1 saturated heterocycles. The van der Waals surface area contributed by atoms with Gasteiger partial charge in [-0.3, -0.25) is 4.79 Å². The lowest BCUT2D eigenvalue weighted by Crippen LogP contribution is -2.44. The zero-order chi connectivity index (χ0) is 15.2. The van der Waals surface area contributed by atoms with Gasteiger partial charge in [0.2, 0.25) is 5.91 Å². The van der Waals surface area contributed by atoms with Crippen LogP contribution in [0.25, 0.3) is 0 Å². The summed E-state index contributed by atoms with van der Waals surface area (Å²) in [5.74, 6) is 0.658. The number of nitrogens with zero attached hydrogens (tertiary/aromatic N) is 1. The van der Waals surface area contributed by atoms with Crippen LogP contribution in [0.3, 0.4) is 0 Å². The molecule has 1 aromatic carbocycles. The van der Waals surface area contributed by atoms with Crippen LogP contribution in [0, 0.1) is 0 Å². The van der Waals surface area contributed by atoms with Crippen molar-refractivity contribution in [1.29, 1.82) is 0 Å². The van der Waals surface area contributed by atoms with E-state index in [2.05, 4.69) is 5.32 Å². The second kappa shape index (κ2) is 7.87. The molecular weight excluding hydrogens is 311 g/mol. The fraction of sp³-hybridized carbons (Fsp3) is 0.533. The number of nitrogens with one attached hydrogen (secondary N) is 1. The van der Waals surface area contributed by atoms with E-state index in [-0.39, 0.29) is 5.91 Å². The Morgan fingerprint density at radius 3 is 2.76 bits per heavy atom. The molecule has 4 nitrogen and oxygen atoms in total. The first-order valence-electron chi connectivity index (χ1n) is 7.12. The third-order valence-corrected chi connectivity index (χ3v) is 4.25. The van der Waals surface area contributed by atoms with E-state index >= 15 is 0 Å². The average Bonchev–Trinajstić information content (AvgIpc) is 2.49. The van der Waals surface area contributed by atoms with E-state index in [1.165, 1.54) is 0 Å². The Balaban J connectivity index is 1.78. The molecule has 1 N–H and O–H groups in total. The quantitative estimate of drug-likeness (QED) is 0.902. The van der Waals surface area contributed by atoms with Crippen molar-refractivity contribution in [2.75, 3.05) is 26.7 Å². The smallest absolute Gasteiger partial charge is 0.225 e. The lowest BCUT2D eigenvalue weighted by molar-refractivity contribution is -0.132. The van der Waals surface area contributed by atoms with Crippen molar-refractivity contribution >= 4 is 29.1 Å². The molecule has 0 spiro atoms. The second-order valence-corrected chi connectivity index (χ2v) is 6.00. The topological polar surface area (TPSA) is 41.6 Å². The Kier molecular flexibility index (Phi) is 6.15. The maximum atomic E-state index is 12.1. The number of piperidine rings is 1. The van der Waals surface area contributed by atoms with Crippen molar-refractivity contribution in [3.63, 3.8) is 0 Å². The highest BCUT2D eigenvalue weighted by molar-refractivity contribution is 6.35. The molecule has 0 saturated carbocycles. The zero-order valence-corrected chi connectivity index (χ0v) is 13.6. The molecule has 0 radical (unpaired) electrons. The molecule has 0 unspecified atom stereocenters. The van der Waals surface area contributed by atoms with Gasteiger partial charge >= 0.3 is 0 Å². The van der Waals surface area contributed by atoms with Crippen LogP contribution in [0.1, 0.15) is 19.3 Å². The first kappa shape index (κ1) is 16.4. The van der Waals surface area contributed by atoms with Gasteiger partial charge in [-0.05, 0) is 44.1 Å². The monoisotopic (exact) mass is 330 g/mol. The van der Waals surface area contributed by atoms with Gasteiger partial charge in [-0.25, -0.2) is 0 Å². The summed E-state index contributed by atoms with van der Waals surface area (Å²) in [6.45, 7) is 2.26. The number of halogens is 2. The predicted molar refractivity (Wildman–Crippen MR) is 85.2 cm³/mol. The van der Waals surface area contributed by atoms with E-state index in [1.54, 1.807) is 18.2 Å². The van der Waals surface area contributed by atoms with Gasteiger partial charge in [0.25, 0.3) is 0 Å². The number of carbonyl (C=O) groups is 1. The number of carbonyl (C=O) groups excluding carboxylic acids is 1. The van der Waals surface area contributed by atoms with Gasteiger partial charge in [-0.15, -0.1) is 0 Å². The molecule has 1 fully saturated rings. The van der Waals surface area contributed by atoms with Crippen LogP contribution in [0.4, 0.5) is 0 Å². The third kappa shape index (κ3) is 4.77. The van der Waals surface area contributed by atoms with Gasteiger partial charge in [0.15, 0.2) is 0 Å². The van der Waals surface area contributed by atoms with E-state index < -0.39 is 0 Å². The molecule has 21 heavy (non-hydrogen) atoms. The number of amides is 1. The average molecular weight is 331 g/mol. The minimum atomic E-state index is 0.104. The lowest BCUT2D eigenvalue weighted by atomic mass is 10.1. The summed E-state index contributed by atoms with van der Waals surface area (Å²) in [6, 6.07) is 5.39. The van der Waals surface area contributed by atoms with Crippen LogP contribution < -0.4 is 10.1 Å². The molecule has 1 aliphatic heterocycles. The van der Waals surface area contributed by atoms with Crippen LogP contribution in [0.15, 0.2) is 18.2 Å². The molecule has 0 atom stereocenters. The fourth-order valence-electron chi connectivity index (χ4n) is 2.41. The molecule has 0 aliphatic carbocycles. The lowest BCUT2D eigenvalue weighted by Gasteiger charge is -2.31. The van der Waals surface area contributed by atoms with Crippen LogP contribution in [-0.4, -0.2) is 43.6 Å². The molecule has 1 amide bonds. The summed E-state index contributed by atoms with van der Waals surface area (Å²) in [5, 5.41) is 4.32. The van der Waals surface area contributed by atoms with Crippen molar-refractivity contribution in [3.05, 3.63) is 28.2 Å². The number of hydrogen-bond donors (Lipinski definition) is 1. The summed E-state index contributed by atoms with van der Waals surface area (Å²) in [5.41, 5.74) is 0. The van der Waals surface area contributed by atoms with Gasteiger partial charge < -0.3 is 15.0 Å². The van der Waals surface area contributed by atoms with Crippen molar-refractivity contribution in [1.82, 2.24) is 10.2 Å². The highest BCUT2D eigenvalue weighted by Gasteiger charge is 2.21. The largest absolute Gasteiger partial charge is 0.491 e. The van der Waals surface area contributed by atoms with Crippen LogP contribution in [0.5, 0.6) is 5.75 Å². The zero-order valence-electron chi connectivity index (χ0n) is 12.1. The van der Waals surface area contributed by atoms with Crippen molar-refractivity contribution in [2.45, 2.75) is 25.3 Å². The third-order valence-electron chi connectivity index (χ3n) is 3.72. The molecular formula is C15H20Cl2N2O2. The highest BCUT2D eigenvalue weighted by atomic mass is 35.5. The van der Waals surface area contributed by atoms with Crippen LogP contribution in [-0.2, 0) is 4.79 Å². The van der Waals surface area contributed by atoms with Gasteiger partial charge in [0.05, 0.1) is 18.1 Å². The van der Waals surface area contributed by atoms with Crippen molar-refractivity contribution in [3.8, 4) is 5.75 Å². The van der Waals surface area contributed by atoms with Gasteiger partial charge in [-0.1, -0.05) is 23.2 Å². The molecule has 1 heterocycles. The molecule has 116 valence electrons. The van der Waals surface area contributed by atoms with E-state index in [0.29, 0.717) is 34.9 Å². The standard InChI is InChI=1S/C15H20Cl2N2O2/c1-19(12-4-7-18-8-5-12)15(20)6-9-21-14-3-2-11(16)10-13(14)17/h2-3,10,12,18H,4-9H2,1H3. The maximum Gasteiger partial charge on any atom is 0.225 e. The summed E-state index contributed by atoms with van der Waals surface area (Å²) in [6.07, 6.45) is 2.36.